The Hall–Kier alpha value is -2.35. The van der Waals surface area contributed by atoms with E-state index in [4.69, 9.17) is 4.74 Å². The first-order valence-corrected chi connectivity index (χ1v) is 10.5. The SMILES string of the molecule is CC[C@@H](C)[C@@H](NC(=O)CSc1nc2ccccc2c(=O)n1C1CC1)C(=O)OC. The Morgan fingerprint density at radius 1 is 1.36 bits per heavy atom. The standard InChI is InChI=1S/C20H25N3O4S/c1-4-12(2)17(19(26)27-3)22-16(24)11-28-20-21-15-8-6-5-7-14(15)18(25)23(20)13-9-10-13/h5-8,12-13,17H,4,9-11H2,1-3H3,(H,22,24)/t12-,17-/m1/s1. The van der Waals surface area contributed by atoms with Crippen LogP contribution in [0.15, 0.2) is 34.2 Å². The molecule has 0 unspecified atom stereocenters. The summed E-state index contributed by atoms with van der Waals surface area (Å²) in [5, 5.41) is 3.89. The van der Waals surface area contributed by atoms with Crippen LogP contribution in [0.5, 0.6) is 0 Å². The summed E-state index contributed by atoms with van der Waals surface area (Å²) in [5.41, 5.74) is 0.558. The minimum absolute atomic E-state index is 0.0372. The van der Waals surface area contributed by atoms with Crippen molar-refractivity contribution in [3.63, 3.8) is 0 Å². The van der Waals surface area contributed by atoms with E-state index in [-0.39, 0.29) is 29.2 Å². The number of nitrogens with one attached hydrogen (secondary N) is 1. The van der Waals surface area contributed by atoms with Gasteiger partial charge in [-0.25, -0.2) is 9.78 Å². The van der Waals surface area contributed by atoms with Crippen LogP contribution in [0.2, 0.25) is 0 Å². The second kappa shape index (κ2) is 8.77. The molecule has 1 N–H and O–H groups in total. The van der Waals surface area contributed by atoms with Crippen molar-refractivity contribution < 1.29 is 14.3 Å². The summed E-state index contributed by atoms with van der Waals surface area (Å²) >= 11 is 1.22. The fourth-order valence-electron chi connectivity index (χ4n) is 3.02. The summed E-state index contributed by atoms with van der Waals surface area (Å²) in [6, 6.07) is 6.71. The van der Waals surface area contributed by atoms with Crippen LogP contribution in [0.1, 0.15) is 39.2 Å². The van der Waals surface area contributed by atoms with Gasteiger partial charge in [0, 0.05) is 6.04 Å². The van der Waals surface area contributed by atoms with Gasteiger partial charge in [0.25, 0.3) is 5.56 Å². The Labute approximate surface area is 167 Å². The molecule has 3 rings (SSSR count). The van der Waals surface area contributed by atoms with Crippen LogP contribution in [-0.2, 0) is 14.3 Å². The second-order valence-corrected chi connectivity index (χ2v) is 8.00. The van der Waals surface area contributed by atoms with Crippen LogP contribution in [0.4, 0.5) is 0 Å². The highest BCUT2D eigenvalue weighted by molar-refractivity contribution is 7.99. The molecule has 1 aromatic heterocycles. The molecular formula is C20H25N3O4S. The lowest BCUT2D eigenvalue weighted by Gasteiger charge is -2.21. The van der Waals surface area contributed by atoms with Crippen molar-refractivity contribution in [3.8, 4) is 0 Å². The monoisotopic (exact) mass is 403 g/mol. The van der Waals surface area contributed by atoms with E-state index in [2.05, 4.69) is 10.3 Å². The van der Waals surface area contributed by atoms with Gasteiger partial charge in [-0.2, -0.15) is 0 Å². The number of benzene rings is 1. The minimum atomic E-state index is -0.682. The van der Waals surface area contributed by atoms with Gasteiger partial charge >= 0.3 is 5.97 Å². The van der Waals surface area contributed by atoms with Crippen molar-refractivity contribution >= 4 is 34.5 Å². The first kappa shape index (κ1) is 20.4. The van der Waals surface area contributed by atoms with E-state index in [0.29, 0.717) is 16.1 Å². The minimum Gasteiger partial charge on any atom is -0.467 e. The van der Waals surface area contributed by atoms with Gasteiger partial charge in [-0.1, -0.05) is 44.2 Å². The largest absolute Gasteiger partial charge is 0.467 e. The summed E-state index contributed by atoms with van der Waals surface area (Å²) in [7, 11) is 1.31. The molecule has 7 nitrogen and oxygen atoms in total. The molecule has 1 aliphatic carbocycles. The zero-order valence-corrected chi connectivity index (χ0v) is 17.1. The van der Waals surface area contributed by atoms with Gasteiger partial charge in [-0.05, 0) is 30.9 Å². The van der Waals surface area contributed by atoms with Crippen LogP contribution in [-0.4, -0.2) is 40.3 Å². The van der Waals surface area contributed by atoms with Crippen molar-refractivity contribution in [1.29, 1.82) is 0 Å². The normalized spacial score (nSPS) is 15.8. The molecule has 8 heteroatoms. The zero-order valence-electron chi connectivity index (χ0n) is 16.3. The number of ether oxygens (including phenoxy) is 1. The van der Waals surface area contributed by atoms with Crippen LogP contribution >= 0.6 is 11.8 Å². The number of para-hydroxylation sites is 1. The molecule has 0 spiro atoms. The lowest BCUT2D eigenvalue weighted by Crippen LogP contribution is -2.46. The van der Waals surface area contributed by atoms with Crippen LogP contribution in [0.3, 0.4) is 0 Å². The molecule has 150 valence electrons. The van der Waals surface area contributed by atoms with Crippen LogP contribution < -0.4 is 10.9 Å². The van der Waals surface area contributed by atoms with Gasteiger partial charge in [0.05, 0.1) is 23.8 Å². The fourth-order valence-corrected chi connectivity index (χ4v) is 3.90. The maximum absolute atomic E-state index is 12.9. The van der Waals surface area contributed by atoms with Crippen molar-refractivity contribution in [2.24, 2.45) is 5.92 Å². The molecule has 0 saturated heterocycles. The van der Waals surface area contributed by atoms with E-state index >= 15 is 0 Å². The smallest absolute Gasteiger partial charge is 0.328 e. The molecular weight excluding hydrogens is 378 g/mol. The number of hydrogen-bond acceptors (Lipinski definition) is 6. The Morgan fingerprint density at radius 2 is 2.07 bits per heavy atom. The number of rotatable bonds is 8. The number of nitrogens with zero attached hydrogens (tertiary/aromatic N) is 2. The summed E-state index contributed by atoms with van der Waals surface area (Å²) < 4.78 is 6.50. The number of thioether (sulfide) groups is 1. The van der Waals surface area contributed by atoms with Crippen molar-refractivity contribution in [1.82, 2.24) is 14.9 Å². The average Bonchev–Trinajstić information content (AvgIpc) is 3.54. The van der Waals surface area contributed by atoms with Crippen LogP contribution in [0, 0.1) is 5.92 Å². The van der Waals surface area contributed by atoms with E-state index < -0.39 is 12.0 Å². The number of methoxy groups -OCH3 is 1. The van der Waals surface area contributed by atoms with Gasteiger partial charge in [0.15, 0.2) is 5.16 Å². The fraction of sp³-hybridized carbons (Fsp3) is 0.500. The van der Waals surface area contributed by atoms with E-state index in [1.165, 1.54) is 18.9 Å². The summed E-state index contributed by atoms with van der Waals surface area (Å²) in [6.07, 6.45) is 2.62. The molecule has 2 aromatic rings. The molecule has 1 aromatic carbocycles. The number of esters is 1. The van der Waals surface area contributed by atoms with E-state index in [9.17, 15) is 14.4 Å². The lowest BCUT2D eigenvalue weighted by atomic mass is 9.99. The number of amides is 1. The molecule has 1 heterocycles. The van der Waals surface area contributed by atoms with Gasteiger partial charge < -0.3 is 10.1 Å². The van der Waals surface area contributed by atoms with Crippen molar-refractivity contribution in [3.05, 3.63) is 34.6 Å². The number of fused-ring (bicyclic) bond motifs is 1. The third-order valence-electron chi connectivity index (χ3n) is 5.00. The molecule has 1 saturated carbocycles. The topological polar surface area (TPSA) is 90.3 Å². The quantitative estimate of drug-likeness (QED) is 0.414. The third-order valence-corrected chi connectivity index (χ3v) is 5.96. The number of hydrogen-bond donors (Lipinski definition) is 1. The number of carbonyl (C=O) groups is 2. The Bertz CT molecular complexity index is 939. The summed E-state index contributed by atoms with van der Waals surface area (Å²) in [5.74, 6) is -0.705. The Morgan fingerprint density at radius 3 is 2.71 bits per heavy atom. The molecule has 2 atom stereocenters. The van der Waals surface area contributed by atoms with Crippen LogP contribution in [0.25, 0.3) is 10.9 Å². The number of carbonyl (C=O) groups excluding carboxylic acids is 2. The average molecular weight is 404 g/mol. The third kappa shape index (κ3) is 4.38. The molecule has 1 amide bonds. The molecule has 0 aliphatic heterocycles. The molecule has 28 heavy (non-hydrogen) atoms. The molecule has 1 fully saturated rings. The first-order valence-electron chi connectivity index (χ1n) is 9.47. The highest BCUT2D eigenvalue weighted by atomic mass is 32.2. The highest BCUT2D eigenvalue weighted by Crippen LogP contribution is 2.36. The lowest BCUT2D eigenvalue weighted by molar-refractivity contribution is -0.146. The number of aromatic nitrogens is 2. The summed E-state index contributed by atoms with van der Waals surface area (Å²) in [4.78, 5) is 41.9. The van der Waals surface area contributed by atoms with Crippen molar-refractivity contribution in [2.45, 2.75) is 50.4 Å². The van der Waals surface area contributed by atoms with Gasteiger partial charge in [0.2, 0.25) is 5.91 Å². The maximum Gasteiger partial charge on any atom is 0.328 e. The van der Waals surface area contributed by atoms with Gasteiger partial charge in [0.1, 0.15) is 6.04 Å². The van der Waals surface area contributed by atoms with Gasteiger partial charge in [-0.15, -0.1) is 0 Å². The van der Waals surface area contributed by atoms with Crippen molar-refractivity contribution in [2.75, 3.05) is 12.9 Å². The Kier molecular flexibility index (Phi) is 6.39. The zero-order chi connectivity index (χ0) is 20.3. The van der Waals surface area contributed by atoms with E-state index in [1.54, 1.807) is 16.7 Å². The second-order valence-electron chi connectivity index (χ2n) is 7.06. The Balaban J connectivity index is 1.77. The maximum atomic E-state index is 12.9. The van der Waals surface area contributed by atoms with E-state index in [0.717, 1.165) is 19.3 Å². The highest BCUT2D eigenvalue weighted by Gasteiger charge is 2.30. The molecule has 1 aliphatic rings. The van der Waals surface area contributed by atoms with E-state index in [1.807, 2.05) is 26.0 Å². The summed E-state index contributed by atoms with van der Waals surface area (Å²) in [6.45, 7) is 3.85. The first-order chi connectivity index (χ1) is 13.5. The molecule has 0 bridgehead atoms. The van der Waals surface area contributed by atoms with Gasteiger partial charge in [-0.3, -0.25) is 14.2 Å². The molecule has 0 radical (unpaired) electrons. The predicted octanol–water partition coefficient (Wildman–Crippen LogP) is 2.53. The predicted molar refractivity (Wildman–Crippen MR) is 108 cm³/mol.